The minimum atomic E-state index is -3.76. The zero-order valence-corrected chi connectivity index (χ0v) is 14.4. The summed E-state index contributed by atoms with van der Waals surface area (Å²) < 4.78 is 26.5. The maximum atomic E-state index is 12.7. The van der Waals surface area contributed by atoms with Gasteiger partial charge in [0.2, 0.25) is 15.9 Å². The highest BCUT2D eigenvalue weighted by Gasteiger charge is 2.23. The number of aryl methyl sites for hydroxylation is 1. The maximum Gasteiger partial charge on any atom is 0.249 e. The number of carbonyl (C=O) groups excluding carboxylic acids is 1. The monoisotopic (exact) mass is 352 g/mol. The van der Waals surface area contributed by atoms with Crippen LogP contribution in [0.15, 0.2) is 47.4 Å². The third-order valence-electron chi connectivity index (χ3n) is 3.53. The summed E-state index contributed by atoms with van der Waals surface area (Å²) in [6, 6.07) is 11.4. The first-order valence-corrected chi connectivity index (χ1v) is 8.65. The molecule has 2 aromatic carbocycles. The highest BCUT2D eigenvalue weighted by Crippen LogP contribution is 2.22. The lowest BCUT2D eigenvalue weighted by Crippen LogP contribution is -2.27. The van der Waals surface area contributed by atoms with Crippen molar-refractivity contribution in [1.29, 1.82) is 0 Å². The molecule has 0 aliphatic carbocycles. The largest absolute Gasteiger partial charge is 0.366 e. The average Bonchev–Trinajstić information content (AvgIpc) is 2.49. The van der Waals surface area contributed by atoms with E-state index < -0.39 is 15.9 Å². The van der Waals surface area contributed by atoms with Crippen LogP contribution in [0, 0.1) is 6.92 Å². The second kappa shape index (κ2) is 6.70. The molecule has 1 amide bonds. The summed E-state index contributed by atoms with van der Waals surface area (Å²) in [5.74, 6) is -0.659. The Balaban J connectivity index is 2.36. The van der Waals surface area contributed by atoms with Crippen molar-refractivity contribution in [3.63, 3.8) is 0 Å². The summed E-state index contributed by atoms with van der Waals surface area (Å²) in [5.41, 5.74) is 6.80. The minimum Gasteiger partial charge on any atom is -0.366 e. The zero-order chi connectivity index (χ0) is 17.2. The first-order chi connectivity index (χ1) is 10.7. The highest BCUT2D eigenvalue weighted by molar-refractivity contribution is 7.89. The van der Waals surface area contributed by atoms with E-state index in [1.165, 1.54) is 23.5 Å². The summed E-state index contributed by atoms with van der Waals surface area (Å²) >= 11 is 6.07. The number of hydrogen-bond acceptors (Lipinski definition) is 3. The van der Waals surface area contributed by atoms with Crippen molar-refractivity contribution in [3.8, 4) is 0 Å². The number of nitrogens with zero attached hydrogens (tertiary/aromatic N) is 1. The van der Waals surface area contributed by atoms with E-state index in [-0.39, 0.29) is 17.0 Å². The van der Waals surface area contributed by atoms with Crippen LogP contribution >= 0.6 is 11.6 Å². The van der Waals surface area contributed by atoms with E-state index in [2.05, 4.69) is 0 Å². The second-order valence-electron chi connectivity index (χ2n) is 5.19. The quantitative estimate of drug-likeness (QED) is 0.898. The Morgan fingerprint density at radius 2 is 1.87 bits per heavy atom. The maximum absolute atomic E-state index is 12.7. The van der Waals surface area contributed by atoms with Crippen LogP contribution in [-0.4, -0.2) is 25.7 Å². The van der Waals surface area contributed by atoms with Crippen LogP contribution in [0.25, 0.3) is 0 Å². The predicted molar refractivity (Wildman–Crippen MR) is 89.8 cm³/mol. The molecular weight excluding hydrogens is 336 g/mol. The van der Waals surface area contributed by atoms with Crippen molar-refractivity contribution in [2.75, 3.05) is 7.05 Å². The molecule has 0 aliphatic heterocycles. The molecule has 0 radical (unpaired) electrons. The molecule has 5 nitrogen and oxygen atoms in total. The van der Waals surface area contributed by atoms with Crippen LogP contribution in [0.4, 0.5) is 0 Å². The Morgan fingerprint density at radius 3 is 2.48 bits per heavy atom. The van der Waals surface area contributed by atoms with Crippen LogP contribution in [0.2, 0.25) is 5.02 Å². The van der Waals surface area contributed by atoms with Gasteiger partial charge in [-0.1, -0.05) is 35.9 Å². The van der Waals surface area contributed by atoms with E-state index in [4.69, 9.17) is 17.3 Å². The molecule has 122 valence electrons. The van der Waals surface area contributed by atoms with Crippen LogP contribution in [0.5, 0.6) is 0 Å². The van der Waals surface area contributed by atoms with Crippen molar-refractivity contribution in [2.45, 2.75) is 18.4 Å². The van der Waals surface area contributed by atoms with Gasteiger partial charge in [-0.05, 0) is 36.2 Å². The molecule has 0 unspecified atom stereocenters. The Kier molecular flexibility index (Phi) is 5.09. The number of carbonyl (C=O) groups is 1. The number of halogens is 1. The molecule has 2 aromatic rings. The Morgan fingerprint density at radius 1 is 1.22 bits per heavy atom. The minimum absolute atomic E-state index is 0.0199. The molecule has 0 bridgehead atoms. The summed E-state index contributed by atoms with van der Waals surface area (Å²) in [6.45, 7) is 1.83. The summed E-state index contributed by atoms with van der Waals surface area (Å²) in [5, 5.41) is 0.497. The van der Waals surface area contributed by atoms with Crippen molar-refractivity contribution >= 4 is 27.5 Å². The predicted octanol–water partition coefficient (Wildman–Crippen LogP) is 2.57. The smallest absolute Gasteiger partial charge is 0.249 e. The van der Waals surface area contributed by atoms with Crippen LogP contribution in [0.3, 0.4) is 0 Å². The summed E-state index contributed by atoms with van der Waals surface area (Å²) in [6.07, 6.45) is 0. The standard InChI is InChI=1S/C16H17ClN2O3S/c1-11-7-8-13(9-14(11)16(18)20)23(21,22)19(2)10-12-5-3-4-6-15(12)17/h3-9H,10H2,1-2H3,(H2,18,20). The van der Waals surface area contributed by atoms with Gasteiger partial charge in [0.1, 0.15) is 0 Å². The van der Waals surface area contributed by atoms with Crippen molar-refractivity contribution < 1.29 is 13.2 Å². The van der Waals surface area contributed by atoms with Gasteiger partial charge >= 0.3 is 0 Å². The van der Waals surface area contributed by atoms with E-state index in [0.29, 0.717) is 16.1 Å². The molecule has 0 atom stereocenters. The van der Waals surface area contributed by atoms with Crippen LogP contribution < -0.4 is 5.73 Å². The molecule has 0 aliphatic rings. The van der Waals surface area contributed by atoms with Crippen LogP contribution in [-0.2, 0) is 16.6 Å². The normalized spacial score (nSPS) is 11.7. The fraction of sp³-hybridized carbons (Fsp3) is 0.188. The molecule has 0 saturated heterocycles. The van der Waals surface area contributed by atoms with E-state index in [1.54, 1.807) is 37.3 Å². The number of amides is 1. The molecule has 2 rings (SSSR count). The molecule has 0 spiro atoms. The van der Waals surface area contributed by atoms with Gasteiger partial charge in [-0.3, -0.25) is 4.79 Å². The molecule has 0 fully saturated rings. The first kappa shape index (κ1) is 17.5. The number of sulfonamides is 1. The summed E-state index contributed by atoms with van der Waals surface area (Å²) in [7, 11) is -2.30. The molecule has 2 N–H and O–H groups in total. The molecular formula is C16H17ClN2O3S. The SMILES string of the molecule is Cc1ccc(S(=O)(=O)N(C)Cc2ccccc2Cl)cc1C(N)=O. The number of benzene rings is 2. The topological polar surface area (TPSA) is 80.5 Å². The number of primary amides is 1. The molecule has 7 heteroatoms. The second-order valence-corrected chi connectivity index (χ2v) is 7.65. The van der Waals surface area contributed by atoms with E-state index in [9.17, 15) is 13.2 Å². The fourth-order valence-electron chi connectivity index (χ4n) is 2.16. The van der Waals surface area contributed by atoms with Crippen LogP contribution in [0.1, 0.15) is 21.5 Å². The van der Waals surface area contributed by atoms with Gasteiger partial charge < -0.3 is 5.73 Å². The van der Waals surface area contributed by atoms with Gasteiger partial charge in [0.25, 0.3) is 0 Å². The molecule has 0 aromatic heterocycles. The number of rotatable bonds is 5. The van der Waals surface area contributed by atoms with Crippen molar-refractivity contribution in [1.82, 2.24) is 4.31 Å². The summed E-state index contributed by atoms with van der Waals surface area (Å²) in [4.78, 5) is 11.4. The Bertz CT molecular complexity index is 850. The first-order valence-electron chi connectivity index (χ1n) is 6.83. The lowest BCUT2D eigenvalue weighted by Gasteiger charge is -2.18. The Labute approximate surface area is 140 Å². The average molecular weight is 353 g/mol. The van der Waals surface area contributed by atoms with Crippen molar-refractivity contribution in [2.24, 2.45) is 5.73 Å². The third kappa shape index (κ3) is 3.72. The van der Waals surface area contributed by atoms with Gasteiger partial charge in [-0.25, -0.2) is 8.42 Å². The third-order valence-corrected chi connectivity index (χ3v) is 5.70. The number of hydrogen-bond donors (Lipinski definition) is 1. The van der Waals surface area contributed by atoms with Gasteiger partial charge in [0, 0.05) is 24.2 Å². The molecule has 23 heavy (non-hydrogen) atoms. The van der Waals surface area contributed by atoms with E-state index >= 15 is 0 Å². The lowest BCUT2D eigenvalue weighted by atomic mass is 10.1. The van der Waals surface area contributed by atoms with Gasteiger partial charge in [0.05, 0.1) is 4.90 Å². The number of nitrogens with two attached hydrogens (primary N) is 1. The van der Waals surface area contributed by atoms with Gasteiger partial charge in [-0.2, -0.15) is 4.31 Å². The van der Waals surface area contributed by atoms with Crippen molar-refractivity contribution in [3.05, 3.63) is 64.2 Å². The Hall–Kier alpha value is -1.89. The van der Waals surface area contributed by atoms with E-state index in [0.717, 1.165) is 0 Å². The lowest BCUT2D eigenvalue weighted by molar-refractivity contribution is 0.0999. The van der Waals surface area contributed by atoms with Gasteiger partial charge in [0.15, 0.2) is 0 Å². The van der Waals surface area contributed by atoms with E-state index in [1.807, 2.05) is 0 Å². The molecule has 0 heterocycles. The molecule has 0 saturated carbocycles. The fourth-order valence-corrected chi connectivity index (χ4v) is 3.53. The zero-order valence-electron chi connectivity index (χ0n) is 12.8. The van der Waals surface area contributed by atoms with Gasteiger partial charge in [-0.15, -0.1) is 0 Å². The highest BCUT2D eigenvalue weighted by atomic mass is 35.5.